The molecule has 0 fully saturated rings. The van der Waals surface area contributed by atoms with Gasteiger partial charge in [-0.05, 0) is 36.0 Å². The quantitative estimate of drug-likeness (QED) is 0.405. The zero-order valence-corrected chi connectivity index (χ0v) is 15.8. The molecule has 0 bridgehead atoms. The number of aromatic nitrogens is 2. The van der Waals surface area contributed by atoms with Gasteiger partial charge in [-0.1, -0.05) is 60.1 Å². The van der Waals surface area contributed by atoms with E-state index in [-0.39, 0.29) is 11.9 Å². The van der Waals surface area contributed by atoms with E-state index in [0.29, 0.717) is 12.8 Å². The SMILES string of the molecule is NC(N)=N/N=C1\CC(c2ccccc2Cl)Cc2nncc(-c3ccccc3)c21. The van der Waals surface area contributed by atoms with Crippen molar-refractivity contribution in [3.05, 3.63) is 82.6 Å². The van der Waals surface area contributed by atoms with Gasteiger partial charge in [-0.25, -0.2) is 0 Å². The van der Waals surface area contributed by atoms with Crippen molar-refractivity contribution in [2.45, 2.75) is 18.8 Å². The lowest BCUT2D eigenvalue weighted by atomic mass is 9.79. The summed E-state index contributed by atoms with van der Waals surface area (Å²) in [6.07, 6.45) is 3.13. The second-order valence-corrected chi connectivity index (χ2v) is 7.05. The molecule has 4 rings (SSSR count). The number of rotatable bonds is 3. The van der Waals surface area contributed by atoms with Crippen LogP contribution in [-0.2, 0) is 6.42 Å². The molecule has 3 aromatic rings. The fraction of sp³-hybridized carbons (Fsp3) is 0.143. The van der Waals surface area contributed by atoms with Crippen molar-refractivity contribution in [1.82, 2.24) is 10.2 Å². The summed E-state index contributed by atoms with van der Waals surface area (Å²) in [6, 6.07) is 17.9. The van der Waals surface area contributed by atoms with Crippen LogP contribution in [0.5, 0.6) is 0 Å². The molecule has 2 aromatic carbocycles. The van der Waals surface area contributed by atoms with Gasteiger partial charge in [0.15, 0.2) is 0 Å². The first-order chi connectivity index (χ1) is 13.6. The predicted molar refractivity (Wildman–Crippen MR) is 112 cm³/mol. The van der Waals surface area contributed by atoms with Crippen LogP contribution in [0.4, 0.5) is 0 Å². The minimum Gasteiger partial charge on any atom is -0.369 e. The Bertz CT molecular complexity index is 1060. The van der Waals surface area contributed by atoms with Crippen LogP contribution in [-0.4, -0.2) is 21.9 Å². The molecule has 4 N–H and O–H groups in total. The first-order valence-electron chi connectivity index (χ1n) is 8.93. The standard InChI is InChI=1S/C21H19ClN6/c22-17-9-5-4-8-15(17)14-10-18-20(19(11-14)27-28-21(23)24)16(12-25-26-18)13-6-2-1-3-7-13/h1-9,12,14H,10-11H2,(H4,23,24,28)/b27-19+. The molecule has 1 atom stereocenters. The average Bonchev–Trinajstić information content (AvgIpc) is 2.72. The molecule has 0 radical (unpaired) electrons. The molecule has 1 aliphatic carbocycles. The van der Waals surface area contributed by atoms with Gasteiger partial charge in [-0.3, -0.25) is 0 Å². The summed E-state index contributed by atoms with van der Waals surface area (Å²) in [5.74, 6) is 0.0339. The van der Waals surface area contributed by atoms with Crippen LogP contribution in [0.1, 0.15) is 29.2 Å². The third-order valence-corrected chi connectivity index (χ3v) is 5.15. The van der Waals surface area contributed by atoms with Crippen LogP contribution in [0.2, 0.25) is 5.02 Å². The first-order valence-corrected chi connectivity index (χ1v) is 9.31. The number of benzene rings is 2. The van der Waals surface area contributed by atoms with E-state index in [1.165, 1.54) is 0 Å². The second-order valence-electron chi connectivity index (χ2n) is 6.64. The fourth-order valence-electron chi connectivity index (χ4n) is 3.60. The Morgan fingerprint density at radius 2 is 1.75 bits per heavy atom. The maximum absolute atomic E-state index is 6.44. The number of hydrogen-bond donors (Lipinski definition) is 2. The molecule has 7 heteroatoms. The van der Waals surface area contributed by atoms with E-state index in [2.05, 4.69) is 20.4 Å². The fourth-order valence-corrected chi connectivity index (χ4v) is 3.89. The van der Waals surface area contributed by atoms with E-state index in [0.717, 1.165) is 38.7 Å². The Hall–Kier alpha value is -3.25. The molecule has 0 saturated heterocycles. The van der Waals surface area contributed by atoms with Gasteiger partial charge in [0, 0.05) is 16.1 Å². The average molecular weight is 391 g/mol. The summed E-state index contributed by atoms with van der Waals surface area (Å²) in [4.78, 5) is 0. The third kappa shape index (κ3) is 3.59. The molecule has 1 aliphatic rings. The highest BCUT2D eigenvalue weighted by molar-refractivity contribution is 6.31. The van der Waals surface area contributed by atoms with E-state index in [1.807, 2.05) is 54.6 Å². The lowest BCUT2D eigenvalue weighted by Crippen LogP contribution is -2.24. The normalized spacial score (nSPS) is 17.2. The number of nitrogens with two attached hydrogens (primary N) is 2. The molecule has 0 spiro atoms. The van der Waals surface area contributed by atoms with Gasteiger partial charge < -0.3 is 11.5 Å². The highest BCUT2D eigenvalue weighted by Crippen LogP contribution is 2.38. The number of nitrogens with zero attached hydrogens (tertiary/aromatic N) is 4. The van der Waals surface area contributed by atoms with Crippen LogP contribution >= 0.6 is 11.6 Å². The van der Waals surface area contributed by atoms with Crippen molar-refractivity contribution in [2.24, 2.45) is 21.7 Å². The Kier molecular flexibility index (Phi) is 5.04. The van der Waals surface area contributed by atoms with Crippen LogP contribution in [0.3, 0.4) is 0 Å². The summed E-state index contributed by atoms with van der Waals surface area (Å²) in [5.41, 5.74) is 16.7. The van der Waals surface area contributed by atoms with Crippen molar-refractivity contribution in [1.29, 1.82) is 0 Å². The smallest absolute Gasteiger partial charge is 0.211 e. The van der Waals surface area contributed by atoms with E-state index >= 15 is 0 Å². The zero-order chi connectivity index (χ0) is 19.5. The summed E-state index contributed by atoms with van der Waals surface area (Å²) < 4.78 is 0. The minimum atomic E-state index is -0.0859. The third-order valence-electron chi connectivity index (χ3n) is 4.81. The van der Waals surface area contributed by atoms with E-state index in [9.17, 15) is 0 Å². The first kappa shape index (κ1) is 18.1. The lowest BCUT2D eigenvalue weighted by molar-refractivity contribution is 0.668. The van der Waals surface area contributed by atoms with Gasteiger partial charge >= 0.3 is 0 Å². The maximum atomic E-state index is 6.44. The van der Waals surface area contributed by atoms with Gasteiger partial charge in [0.25, 0.3) is 0 Å². The predicted octanol–water partition coefficient (Wildman–Crippen LogP) is 3.50. The summed E-state index contributed by atoms with van der Waals surface area (Å²) in [7, 11) is 0. The van der Waals surface area contributed by atoms with E-state index in [4.69, 9.17) is 23.1 Å². The van der Waals surface area contributed by atoms with Crippen molar-refractivity contribution in [2.75, 3.05) is 0 Å². The van der Waals surface area contributed by atoms with Crippen molar-refractivity contribution < 1.29 is 0 Å². The Morgan fingerprint density at radius 3 is 2.50 bits per heavy atom. The van der Waals surface area contributed by atoms with Crippen LogP contribution < -0.4 is 11.5 Å². The summed E-state index contributed by atoms with van der Waals surface area (Å²) in [5, 5.41) is 17.6. The molecule has 0 amide bonds. The van der Waals surface area contributed by atoms with Crippen LogP contribution in [0.25, 0.3) is 11.1 Å². The highest BCUT2D eigenvalue weighted by Gasteiger charge is 2.30. The van der Waals surface area contributed by atoms with Gasteiger partial charge in [-0.2, -0.15) is 15.3 Å². The van der Waals surface area contributed by atoms with Crippen molar-refractivity contribution in [3.8, 4) is 11.1 Å². The summed E-state index contributed by atoms with van der Waals surface area (Å²) in [6.45, 7) is 0. The monoisotopic (exact) mass is 390 g/mol. The number of hydrogen-bond acceptors (Lipinski definition) is 4. The van der Waals surface area contributed by atoms with Crippen molar-refractivity contribution in [3.63, 3.8) is 0 Å². The number of fused-ring (bicyclic) bond motifs is 1. The molecule has 0 aliphatic heterocycles. The molecule has 1 aromatic heterocycles. The van der Waals surface area contributed by atoms with E-state index in [1.54, 1.807) is 6.20 Å². The second kappa shape index (κ2) is 7.78. The van der Waals surface area contributed by atoms with E-state index < -0.39 is 0 Å². The molecular weight excluding hydrogens is 372 g/mol. The maximum Gasteiger partial charge on any atom is 0.211 e. The topological polar surface area (TPSA) is 103 Å². The molecular formula is C21H19ClN6. The Balaban J connectivity index is 1.87. The molecule has 1 unspecified atom stereocenters. The van der Waals surface area contributed by atoms with Crippen LogP contribution in [0, 0.1) is 0 Å². The molecule has 28 heavy (non-hydrogen) atoms. The van der Waals surface area contributed by atoms with Gasteiger partial charge in [0.1, 0.15) is 0 Å². The largest absolute Gasteiger partial charge is 0.369 e. The minimum absolute atomic E-state index is 0.0859. The Labute approximate surface area is 168 Å². The highest BCUT2D eigenvalue weighted by atomic mass is 35.5. The van der Waals surface area contributed by atoms with Gasteiger partial charge in [0.05, 0.1) is 17.6 Å². The molecule has 0 saturated carbocycles. The Morgan fingerprint density at radius 1 is 1.00 bits per heavy atom. The lowest BCUT2D eigenvalue weighted by Gasteiger charge is -2.27. The molecule has 1 heterocycles. The van der Waals surface area contributed by atoms with Crippen molar-refractivity contribution >= 4 is 23.3 Å². The molecule has 6 nitrogen and oxygen atoms in total. The number of halogens is 1. The number of guanidine groups is 1. The van der Waals surface area contributed by atoms with Crippen LogP contribution in [0.15, 0.2) is 71.0 Å². The molecule has 140 valence electrons. The van der Waals surface area contributed by atoms with Gasteiger partial charge in [0.2, 0.25) is 5.96 Å². The van der Waals surface area contributed by atoms with Gasteiger partial charge in [-0.15, -0.1) is 5.10 Å². The summed E-state index contributed by atoms with van der Waals surface area (Å²) >= 11 is 6.44. The zero-order valence-electron chi connectivity index (χ0n) is 15.1.